The Labute approximate surface area is 125 Å². The third kappa shape index (κ3) is 3.63. The van der Waals surface area contributed by atoms with Gasteiger partial charge < -0.3 is 10.0 Å². The van der Waals surface area contributed by atoms with Crippen LogP contribution in [0.1, 0.15) is 38.2 Å². The van der Waals surface area contributed by atoms with Crippen LogP contribution >= 0.6 is 0 Å². The molecule has 1 heterocycles. The quantitative estimate of drug-likeness (QED) is 0.927. The molecule has 1 fully saturated rings. The lowest BCUT2D eigenvalue weighted by atomic mass is 9.88. The molecule has 1 aliphatic rings. The van der Waals surface area contributed by atoms with E-state index in [4.69, 9.17) is 0 Å². The number of piperidine rings is 1. The molecule has 1 aromatic rings. The minimum Gasteiger partial charge on any atom is -0.481 e. The molecule has 3 atom stereocenters. The van der Waals surface area contributed by atoms with Gasteiger partial charge in [-0.15, -0.1) is 0 Å². The number of hydrogen-bond donors (Lipinski definition) is 1. The van der Waals surface area contributed by atoms with Gasteiger partial charge >= 0.3 is 5.97 Å². The van der Waals surface area contributed by atoms with Crippen LogP contribution in [0.5, 0.6) is 0 Å². The first kappa shape index (κ1) is 15.5. The van der Waals surface area contributed by atoms with Gasteiger partial charge in [0, 0.05) is 13.1 Å². The van der Waals surface area contributed by atoms with Crippen molar-refractivity contribution < 1.29 is 14.7 Å². The van der Waals surface area contributed by atoms with Crippen LogP contribution in [0.15, 0.2) is 30.3 Å². The molecular formula is C17H23NO3. The van der Waals surface area contributed by atoms with Gasteiger partial charge in [-0.3, -0.25) is 9.59 Å². The van der Waals surface area contributed by atoms with Gasteiger partial charge in [-0.05, 0) is 24.3 Å². The van der Waals surface area contributed by atoms with Crippen molar-refractivity contribution in [3.63, 3.8) is 0 Å². The number of benzene rings is 1. The van der Waals surface area contributed by atoms with Crippen molar-refractivity contribution in [1.29, 1.82) is 0 Å². The molecule has 0 radical (unpaired) electrons. The molecule has 0 aliphatic carbocycles. The van der Waals surface area contributed by atoms with E-state index in [0.717, 1.165) is 12.0 Å². The number of rotatable bonds is 4. The standard InChI is InChI=1S/C17H23NO3/c1-3-15(13-7-5-4-6-8-13)16(19)18-10-12(2)9-14(11-18)17(20)21/h4-8,12,14-15H,3,9-11H2,1-2H3,(H,20,21). The van der Waals surface area contributed by atoms with Crippen molar-refractivity contribution in [2.75, 3.05) is 13.1 Å². The maximum atomic E-state index is 12.8. The molecule has 21 heavy (non-hydrogen) atoms. The van der Waals surface area contributed by atoms with E-state index in [1.165, 1.54) is 0 Å². The highest BCUT2D eigenvalue weighted by molar-refractivity contribution is 5.84. The fourth-order valence-corrected chi connectivity index (χ4v) is 3.17. The molecule has 0 aromatic heterocycles. The number of hydrogen-bond acceptors (Lipinski definition) is 2. The van der Waals surface area contributed by atoms with E-state index in [0.29, 0.717) is 19.5 Å². The summed E-state index contributed by atoms with van der Waals surface area (Å²) < 4.78 is 0. The smallest absolute Gasteiger partial charge is 0.308 e. The van der Waals surface area contributed by atoms with Gasteiger partial charge in [0.1, 0.15) is 0 Å². The second-order valence-electron chi connectivity index (χ2n) is 5.99. The first-order chi connectivity index (χ1) is 10.0. The van der Waals surface area contributed by atoms with Gasteiger partial charge in [-0.25, -0.2) is 0 Å². The number of carbonyl (C=O) groups is 2. The minimum absolute atomic E-state index is 0.0569. The number of nitrogens with zero attached hydrogens (tertiary/aromatic N) is 1. The van der Waals surface area contributed by atoms with Crippen LogP contribution < -0.4 is 0 Å². The van der Waals surface area contributed by atoms with E-state index in [1.807, 2.05) is 44.2 Å². The predicted octanol–water partition coefficient (Wildman–Crippen LogP) is 2.75. The maximum Gasteiger partial charge on any atom is 0.308 e. The van der Waals surface area contributed by atoms with E-state index < -0.39 is 11.9 Å². The summed E-state index contributed by atoms with van der Waals surface area (Å²) in [5, 5.41) is 9.23. The highest BCUT2D eigenvalue weighted by Crippen LogP contribution is 2.27. The average Bonchev–Trinajstić information content (AvgIpc) is 2.48. The Kier molecular flexibility index (Phi) is 4.99. The van der Waals surface area contributed by atoms with Crippen molar-refractivity contribution in [2.24, 2.45) is 11.8 Å². The van der Waals surface area contributed by atoms with Gasteiger partial charge in [0.15, 0.2) is 0 Å². The Morgan fingerprint density at radius 3 is 2.52 bits per heavy atom. The summed E-state index contributed by atoms with van der Waals surface area (Å²) in [7, 11) is 0. The zero-order chi connectivity index (χ0) is 15.4. The zero-order valence-electron chi connectivity index (χ0n) is 12.7. The molecule has 1 aromatic carbocycles. The Balaban J connectivity index is 2.15. The van der Waals surface area contributed by atoms with Crippen LogP contribution in [-0.4, -0.2) is 35.0 Å². The Hall–Kier alpha value is -1.84. The van der Waals surface area contributed by atoms with Gasteiger partial charge in [-0.1, -0.05) is 44.2 Å². The van der Waals surface area contributed by atoms with E-state index in [1.54, 1.807) is 4.90 Å². The Morgan fingerprint density at radius 1 is 1.29 bits per heavy atom. The lowest BCUT2D eigenvalue weighted by Crippen LogP contribution is -2.47. The van der Waals surface area contributed by atoms with Crippen molar-refractivity contribution in [3.05, 3.63) is 35.9 Å². The average molecular weight is 289 g/mol. The van der Waals surface area contributed by atoms with Gasteiger partial charge in [0.25, 0.3) is 0 Å². The fraction of sp³-hybridized carbons (Fsp3) is 0.529. The van der Waals surface area contributed by atoms with Gasteiger partial charge in [-0.2, -0.15) is 0 Å². The lowest BCUT2D eigenvalue weighted by molar-refractivity contribution is -0.147. The highest BCUT2D eigenvalue weighted by Gasteiger charge is 2.34. The largest absolute Gasteiger partial charge is 0.481 e. The highest BCUT2D eigenvalue weighted by atomic mass is 16.4. The van der Waals surface area contributed by atoms with Crippen LogP contribution in [-0.2, 0) is 9.59 Å². The Morgan fingerprint density at radius 2 is 1.95 bits per heavy atom. The molecule has 1 N–H and O–H groups in total. The molecule has 2 rings (SSSR count). The van der Waals surface area contributed by atoms with Crippen LogP contribution in [0.3, 0.4) is 0 Å². The van der Waals surface area contributed by atoms with E-state index in [-0.39, 0.29) is 17.7 Å². The molecular weight excluding hydrogens is 266 g/mol. The van der Waals surface area contributed by atoms with Crippen LogP contribution in [0.2, 0.25) is 0 Å². The summed E-state index contributed by atoms with van der Waals surface area (Å²) >= 11 is 0. The predicted molar refractivity (Wildman–Crippen MR) is 81.0 cm³/mol. The van der Waals surface area contributed by atoms with Crippen molar-refractivity contribution in [2.45, 2.75) is 32.6 Å². The van der Waals surface area contributed by atoms with Gasteiger partial charge in [0.05, 0.1) is 11.8 Å². The molecule has 4 heteroatoms. The molecule has 0 bridgehead atoms. The number of carbonyl (C=O) groups excluding carboxylic acids is 1. The molecule has 3 unspecified atom stereocenters. The zero-order valence-corrected chi connectivity index (χ0v) is 12.7. The summed E-state index contributed by atoms with van der Waals surface area (Å²) in [4.78, 5) is 25.8. The molecule has 114 valence electrons. The van der Waals surface area contributed by atoms with Crippen molar-refractivity contribution in [3.8, 4) is 0 Å². The lowest BCUT2D eigenvalue weighted by Gasteiger charge is -2.36. The SMILES string of the molecule is CCC(C(=O)N1CC(C)CC(C(=O)O)C1)c1ccccc1. The number of carboxylic acids is 1. The summed E-state index contributed by atoms with van der Waals surface area (Å²) in [5.41, 5.74) is 1.01. The molecule has 1 amide bonds. The molecule has 0 spiro atoms. The first-order valence-corrected chi connectivity index (χ1v) is 7.59. The van der Waals surface area contributed by atoms with E-state index in [9.17, 15) is 14.7 Å². The third-order valence-corrected chi connectivity index (χ3v) is 4.23. The number of likely N-dealkylation sites (tertiary alicyclic amines) is 1. The molecule has 4 nitrogen and oxygen atoms in total. The summed E-state index contributed by atoms with van der Waals surface area (Å²) in [6.07, 6.45) is 1.38. The number of amides is 1. The van der Waals surface area contributed by atoms with Crippen molar-refractivity contribution >= 4 is 11.9 Å². The molecule has 1 aliphatic heterocycles. The molecule has 0 saturated carbocycles. The van der Waals surface area contributed by atoms with Crippen LogP contribution in [0.25, 0.3) is 0 Å². The van der Waals surface area contributed by atoms with Crippen LogP contribution in [0.4, 0.5) is 0 Å². The number of aliphatic carboxylic acids is 1. The second-order valence-corrected chi connectivity index (χ2v) is 5.99. The summed E-state index contributed by atoms with van der Waals surface area (Å²) in [6, 6.07) is 9.74. The second kappa shape index (κ2) is 6.74. The topological polar surface area (TPSA) is 57.6 Å². The normalized spacial score (nSPS) is 23.6. The fourth-order valence-electron chi connectivity index (χ4n) is 3.17. The number of carboxylic acid groups (broad SMARTS) is 1. The van der Waals surface area contributed by atoms with E-state index >= 15 is 0 Å². The van der Waals surface area contributed by atoms with Gasteiger partial charge in [0.2, 0.25) is 5.91 Å². The van der Waals surface area contributed by atoms with Crippen LogP contribution in [0, 0.1) is 11.8 Å². The maximum absolute atomic E-state index is 12.8. The monoisotopic (exact) mass is 289 g/mol. The first-order valence-electron chi connectivity index (χ1n) is 7.59. The Bertz CT molecular complexity index is 500. The van der Waals surface area contributed by atoms with E-state index in [2.05, 4.69) is 0 Å². The summed E-state index contributed by atoms with van der Waals surface area (Å²) in [5.74, 6) is -1.12. The molecule has 1 saturated heterocycles. The van der Waals surface area contributed by atoms with Crippen molar-refractivity contribution in [1.82, 2.24) is 4.90 Å². The third-order valence-electron chi connectivity index (χ3n) is 4.23. The minimum atomic E-state index is -0.799. The summed E-state index contributed by atoms with van der Waals surface area (Å²) in [6.45, 7) is 5.00.